The summed E-state index contributed by atoms with van der Waals surface area (Å²) in [5.74, 6) is 1.22. The van der Waals surface area contributed by atoms with Crippen LogP contribution in [0.2, 0.25) is 0 Å². The number of hydrogen-bond acceptors (Lipinski definition) is 2. The molecule has 0 saturated heterocycles. The molecule has 0 N–H and O–H groups in total. The predicted molar refractivity (Wildman–Crippen MR) is 56.1 cm³/mol. The van der Waals surface area contributed by atoms with Crippen LogP contribution in [0.1, 0.15) is 22.8 Å². The van der Waals surface area contributed by atoms with Gasteiger partial charge in [-0.1, -0.05) is 19.1 Å². The minimum atomic E-state index is -0.252. The van der Waals surface area contributed by atoms with Crippen molar-refractivity contribution in [3.63, 3.8) is 0 Å². The van der Waals surface area contributed by atoms with E-state index in [1.807, 2.05) is 6.92 Å². The predicted octanol–water partition coefficient (Wildman–Crippen LogP) is 2.89. The first-order valence-corrected chi connectivity index (χ1v) is 5.75. The van der Waals surface area contributed by atoms with Crippen molar-refractivity contribution < 1.29 is 9.18 Å². The summed E-state index contributed by atoms with van der Waals surface area (Å²) < 4.78 is 13.4. The second-order valence-electron chi connectivity index (χ2n) is 3.55. The average Bonchev–Trinajstić information content (AvgIpc) is 2.31. The van der Waals surface area contributed by atoms with Crippen LogP contribution in [-0.2, 0) is 5.75 Å². The quantitative estimate of drug-likeness (QED) is 0.655. The molecule has 0 saturated carbocycles. The lowest BCUT2D eigenvalue weighted by molar-refractivity contribution is 0.0941. The van der Waals surface area contributed by atoms with Crippen LogP contribution in [0.25, 0.3) is 0 Å². The van der Waals surface area contributed by atoms with Crippen molar-refractivity contribution in [2.45, 2.75) is 12.7 Å². The summed E-state index contributed by atoms with van der Waals surface area (Å²) in [7, 11) is 0. The summed E-state index contributed by atoms with van der Waals surface area (Å²) in [6, 6.07) is 4.75. The SMILES string of the molecule is CC1CSCc2c(F)cccc2C1=O. The van der Waals surface area contributed by atoms with E-state index in [0.29, 0.717) is 16.9 Å². The molecule has 0 radical (unpaired) electrons. The molecule has 0 amide bonds. The van der Waals surface area contributed by atoms with Crippen molar-refractivity contribution in [1.29, 1.82) is 0 Å². The molecule has 14 heavy (non-hydrogen) atoms. The van der Waals surface area contributed by atoms with E-state index < -0.39 is 0 Å². The maximum atomic E-state index is 13.4. The smallest absolute Gasteiger partial charge is 0.166 e. The molecule has 74 valence electrons. The van der Waals surface area contributed by atoms with Gasteiger partial charge in [0.2, 0.25) is 0 Å². The molecule has 0 aliphatic carbocycles. The van der Waals surface area contributed by atoms with Crippen molar-refractivity contribution in [2.24, 2.45) is 5.92 Å². The Balaban J connectivity index is 2.53. The van der Waals surface area contributed by atoms with Crippen LogP contribution in [0.5, 0.6) is 0 Å². The van der Waals surface area contributed by atoms with Gasteiger partial charge in [0.25, 0.3) is 0 Å². The first kappa shape index (κ1) is 9.71. The molecule has 0 spiro atoms. The number of carbonyl (C=O) groups excluding carboxylic acids is 1. The summed E-state index contributed by atoms with van der Waals surface area (Å²) in [4.78, 5) is 11.8. The molecule has 3 heteroatoms. The number of benzene rings is 1. The lowest BCUT2D eigenvalue weighted by Crippen LogP contribution is -2.13. The second kappa shape index (κ2) is 3.73. The Labute approximate surface area is 86.7 Å². The Morgan fingerprint density at radius 1 is 1.50 bits per heavy atom. The molecule has 0 aromatic heterocycles. The van der Waals surface area contributed by atoms with Crippen LogP contribution < -0.4 is 0 Å². The number of thioether (sulfide) groups is 1. The van der Waals surface area contributed by atoms with Crippen molar-refractivity contribution in [3.8, 4) is 0 Å². The first-order valence-electron chi connectivity index (χ1n) is 4.59. The van der Waals surface area contributed by atoms with Gasteiger partial charge >= 0.3 is 0 Å². The molecule has 1 heterocycles. The first-order chi connectivity index (χ1) is 6.70. The molecule has 1 aromatic rings. The highest BCUT2D eigenvalue weighted by molar-refractivity contribution is 7.98. The third-order valence-electron chi connectivity index (χ3n) is 2.45. The van der Waals surface area contributed by atoms with Crippen LogP contribution in [0.15, 0.2) is 18.2 Å². The molecule has 1 atom stereocenters. The normalized spacial score (nSPS) is 21.6. The number of Topliss-reactive ketones (excluding diaryl/α,β-unsaturated/α-hetero) is 1. The van der Waals surface area contributed by atoms with Crippen LogP contribution in [0.4, 0.5) is 4.39 Å². The number of carbonyl (C=O) groups is 1. The van der Waals surface area contributed by atoms with Gasteiger partial charge in [-0.3, -0.25) is 4.79 Å². The van der Waals surface area contributed by atoms with E-state index in [1.165, 1.54) is 6.07 Å². The largest absolute Gasteiger partial charge is 0.294 e. The van der Waals surface area contributed by atoms with Gasteiger partial charge in [0.1, 0.15) is 5.82 Å². The Bertz CT molecular complexity index is 376. The molecular weight excluding hydrogens is 199 g/mol. The third kappa shape index (κ3) is 1.57. The van der Waals surface area contributed by atoms with Crippen molar-refractivity contribution >= 4 is 17.5 Å². The molecule has 0 fully saturated rings. The third-order valence-corrected chi connectivity index (χ3v) is 3.67. The van der Waals surface area contributed by atoms with Crippen LogP contribution in [-0.4, -0.2) is 11.5 Å². The van der Waals surface area contributed by atoms with E-state index >= 15 is 0 Å². The van der Waals surface area contributed by atoms with Gasteiger partial charge in [-0.05, 0) is 6.07 Å². The number of ketones is 1. The zero-order valence-corrected chi connectivity index (χ0v) is 8.73. The van der Waals surface area contributed by atoms with E-state index in [9.17, 15) is 9.18 Å². The molecule has 1 unspecified atom stereocenters. The fraction of sp³-hybridized carbons (Fsp3) is 0.364. The zero-order chi connectivity index (χ0) is 10.1. The van der Waals surface area contributed by atoms with Gasteiger partial charge in [-0.2, -0.15) is 11.8 Å². The Morgan fingerprint density at radius 3 is 3.07 bits per heavy atom. The standard InChI is InChI=1S/C11H11FOS/c1-7-5-14-6-9-8(11(7)13)3-2-4-10(9)12/h2-4,7H,5-6H2,1H3. The van der Waals surface area contributed by atoms with Gasteiger partial charge in [0, 0.05) is 28.6 Å². The van der Waals surface area contributed by atoms with Gasteiger partial charge in [-0.25, -0.2) is 4.39 Å². The molecular formula is C11H11FOS. The second-order valence-corrected chi connectivity index (χ2v) is 4.58. The highest BCUT2D eigenvalue weighted by Crippen LogP contribution is 2.28. The van der Waals surface area contributed by atoms with Crippen LogP contribution in [0.3, 0.4) is 0 Å². The molecule has 1 nitrogen and oxygen atoms in total. The summed E-state index contributed by atoms with van der Waals surface area (Å²) in [5, 5.41) is 0. The summed E-state index contributed by atoms with van der Waals surface area (Å²) in [6.07, 6.45) is 0. The van der Waals surface area contributed by atoms with Gasteiger partial charge in [-0.15, -0.1) is 0 Å². The Kier molecular flexibility index (Phi) is 2.59. The summed E-state index contributed by atoms with van der Waals surface area (Å²) in [5.41, 5.74) is 1.15. The molecule has 1 aromatic carbocycles. The van der Waals surface area contributed by atoms with Gasteiger partial charge in [0.15, 0.2) is 5.78 Å². The van der Waals surface area contributed by atoms with Gasteiger partial charge in [0.05, 0.1) is 0 Å². The molecule has 0 bridgehead atoms. The number of halogens is 1. The topological polar surface area (TPSA) is 17.1 Å². The fourth-order valence-electron chi connectivity index (χ4n) is 1.62. The van der Waals surface area contributed by atoms with Gasteiger partial charge < -0.3 is 0 Å². The Hall–Kier alpha value is -0.830. The number of fused-ring (bicyclic) bond motifs is 1. The molecule has 1 aliphatic heterocycles. The zero-order valence-electron chi connectivity index (χ0n) is 7.92. The van der Waals surface area contributed by atoms with Crippen molar-refractivity contribution in [2.75, 3.05) is 5.75 Å². The maximum Gasteiger partial charge on any atom is 0.166 e. The number of hydrogen-bond donors (Lipinski definition) is 0. The van der Waals surface area contributed by atoms with Crippen molar-refractivity contribution in [3.05, 3.63) is 35.1 Å². The van der Waals surface area contributed by atoms with E-state index in [0.717, 1.165) is 5.75 Å². The summed E-state index contributed by atoms with van der Waals surface area (Å²) >= 11 is 1.62. The average molecular weight is 210 g/mol. The molecule has 2 rings (SSSR count). The lowest BCUT2D eigenvalue weighted by Gasteiger charge is -2.06. The highest BCUT2D eigenvalue weighted by Gasteiger charge is 2.23. The van der Waals surface area contributed by atoms with E-state index in [-0.39, 0.29) is 17.5 Å². The molecule has 1 aliphatic rings. The Morgan fingerprint density at radius 2 is 2.29 bits per heavy atom. The van der Waals surface area contributed by atoms with E-state index in [1.54, 1.807) is 23.9 Å². The maximum absolute atomic E-state index is 13.4. The minimum Gasteiger partial charge on any atom is -0.294 e. The van der Waals surface area contributed by atoms with Crippen molar-refractivity contribution in [1.82, 2.24) is 0 Å². The number of rotatable bonds is 0. The van der Waals surface area contributed by atoms with Crippen LogP contribution >= 0.6 is 11.8 Å². The highest BCUT2D eigenvalue weighted by atomic mass is 32.2. The summed E-state index contributed by atoms with van der Waals surface area (Å²) in [6.45, 7) is 1.90. The monoisotopic (exact) mass is 210 g/mol. The van der Waals surface area contributed by atoms with E-state index in [2.05, 4.69) is 0 Å². The fourth-order valence-corrected chi connectivity index (χ4v) is 2.74. The lowest BCUT2D eigenvalue weighted by atomic mass is 9.97. The van der Waals surface area contributed by atoms with E-state index in [4.69, 9.17) is 0 Å². The van der Waals surface area contributed by atoms with Crippen LogP contribution in [0, 0.1) is 11.7 Å². The minimum absolute atomic E-state index is 0.00282.